The van der Waals surface area contributed by atoms with Crippen molar-refractivity contribution in [3.05, 3.63) is 18.0 Å². The normalized spacial score (nSPS) is 17.2. The molecule has 2 rings (SSSR count). The van der Waals surface area contributed by atoms with Gasteiger partial charge in [-0.2, -0.15) is 5.10 Å². The number of nitrogens with zero attached hydrogens (tertiary/aromatic N) is 3. The number of aromatic nitrogens is 2. The molecule has 1 aromatic heterocycles. The molecule has 0 aliphatic heterocycles. The lowest BCUT2D eigenvalue weighted by Crippen LogP contribution is -2.31. The van der Waals surface area contributed by atoms with Crippen LogP contribution in [-0.2, 0) is 6.54 Å². The van der Waals surface area contributed by atoms with Gasteiger partial charge in [0.25, 0.3) is 0 Å². The second-order valence-electron chi connectivity index (χ2n) is 6.19. The number of halogens is 1. The van der Waals surface area contributed by atoms with Crippen LogP contribution in [0, 0.1) is 0 Å². The van der Waals surface area contributed by atoms with E-state index in [1.165, 1.54) is 37.8 Å². The van der Waals surface area contributed by atoms with Crippen LogP contribution in [0.5, 0.6) is 0 Å². The van der Waals surface area contributed by atoms with Gasteiger partial charge >= 0.3 is 0 Å². The first kappa shape index (κ1) is 15.8. The van der Waals surface area contributed by atoms with Crippen molar-refractivity contribution in [2.24, 2.45) is 0 Å². The zero-order chi connectivity index (χ0) is 14.4. The smallest absolute Gasteiger partial charge is 0.0764 e. The van der Waals surface area contributed by atoms with Gasteiger partial charge in [-0.1, -0.05) is 19.3 Å². The summed E-state index contributed by atoms with van der Waals surface area (Å²) < 4.78 is 2.20. The van der Waals surface area contributed by atoms with Gasteiger partial charge in [-0.05, 0) is 45.7 Å². The molecule has 1 saturated carbocycles. The van der Waals surface area contributed by atoms with E-state index in [9.17, 15) is 0 Å². The summed E-state index contributed by atoms with van der Waals surface area (Å²) in [6, 6.07) is 3.36. The molecule has 1 heterocycles. The minimum atomic E-state index is 0.540. The SMILES string of the molecule is CC(C)N(CCCCl)Cc1ccn(C2CCCCC2)n1. The Kier molecular flexibility index (Phi) is 6.37. The monoisotopic (exact) mass is 297 g/mol. The third-order valence-corrected chi connectivity index (χ3v) is 4.55. The molecule has 0 radical (unpaired) electrons. The average molecular weight is 298 g/mol. The van der Waals surface area contributed by atoms with Gasteiger partial charge in [-0.25, -0.2) is 0 Å². The van der Waals surface area contributed by atoms with Crippen molar-refractivity contribution in [3.8, 4) is 0 Å². The fourth-order valence-corrected chi connectivity index (χ4v) is 3.12. The Bertz CT molecular complexity index is 383. The molecule has 1 aliphatic rings. The maximum absolute atomic E-state index is 5.81. The fourth-order valence-electron chi connectivity index (χ4n) is 3.00. The van der Waals surface area contributed by atoms with Gasteiger partial charge in [0.05, 0.1) is 11.7 Å². The number of hydrogen-bond acceptors (Lipinski definition) is 2. The molecular weight excluding hydrogens is 270 g/mol. The minimum absolute atomic E-state index is 0.540. The highest BCUT2D eigenvalue weighted by Gasteiger charge is 2.17. The zero-order valence-corrected chi connectivity index (χ0v) is 13.6. The van der Waals surface area contributed by atoms with Crippen molar-refractivity contribution in [2.45, 2.75) is 71.0 Å². The van der Waals surface area contributed by atoms with E-state index in [0.29, 0.717) is 12.1 Å². The second kappa shape index (κ2) is 8.04. The largest absolute Gasteiger partial charge is 0.295 e. The van der Waals surface area contributed by atoms with Crippen LogP contribution in [0.2, 0.25) is 0 Å². The Morgan fingerprint density at radius 3 is 2.75 bits per heavy atom. The van der Waals surface area contributed by atoms with E-state index in [0.717, 1.165) is 25.4 Å². The standard InChI is InChI=1S/C16H28ClN3/c1-14(2)19(11-6-10-17)13-15-9-12-20(18-15)16-7-4-3-5-8-16/h9,12,14,16H,3-8,10-11,13H2,1-2H3. The minimum Gasteiger partial charge on any atom is -0.295 e. The fraction of sp³-hybridized carbons (Fsp3) is 0.812. The van der Waals surface area contributed by atoms with Gasteiger partial charge in [0.15, 0.2) is 0 Å². The van der Waals surface area contributed by atoms with Crippen LogP contribution >= 0.6 is 11.6 Å². The molecule has 114 valence electrons. The molecule has 1 fully saturated rings. The van der Waals surface area contributed by atoms with Crippen molar-refractivity contribution in [3.63, 3.8) is 0 Å². The lowest BCUT2D eigenvalue weighted by Gasteiger charge is -2.25. The van der Waals surface area contributed by atoms with Crippen molar-refractivity contribution in [1.82, 2.24) is 14.7 Å². The molecule has 1 aliphatic carbocycles. The molecule has 0 N–H and O–H groups in total. The lowest BCUT2D eigenvalue weighted by atomic mass is 9.96. The summed E-state index contributed by atoms with van der Waals surface area (Å²) in [5.74, 6) is 0.736. The molecule has 3 nitrogen and oxygen atoms in total. The van der Waals surface area contributed by atoms with Gasteiger partial charge in [0, 0.05) is 24.7 Å². The summed E-state index contributed by atoms with van der Waals surface area (Å²) in [6.45, 7) is 6.48. The Hall–Kier alpha value is -0.540. The van der Waals surface area contributed by atoms with Gasteiger partial charge < -0.3 is 0 Å². The number of hydrogen-bond donors (Lipinski definition) is 0. The molecule has 4 heteroatoms. The van der Waals surface area contributed by atoms with Gasteiger partial charge in [0.1, 0.15) is 0 Å². The van der Waals surface area contributed by atoms with E-state index in [-0.39, 0.29) is 0 Å². The highest BCUT2D eigenvalue weighted by Crippen LogP contribution is 2.27. The molecule has 0 saturated heterocycles. The first-order chi connectivity index (χ1) is 9.70. The maximum atomic E-state index is 5.81. The first-order valence-electron chi connectivity index (χ1n) is 8.04. The molecule has 0 atom stereocenters. The van der Waals surface area contributed by atoms with E-state index in [2.05, 4.69) is 35.7 Å². The van der Waals surface area contributed by atoms with Crippen LogP contribution in [-0.4, -0.2) is 33.1 Å². The maximum Gasteiger partial charge on any atom is 0.0764 e. The predicted octanol–water partition coefficient (Wildman–Crippen LogP) is 4.23. The van der Waals surface area contributed by atoms with Crippen LogP contribution in [0.3, 0.4) is 0 Å². The number of alkyl halides is 1. The van der Waals surface area contributed by atoms with Gasteiger partial charge in [-0.3, -0.25) is 9.58 Å². The molecule has 0 amide bonds. The lowest BCUT2D eigenvalue weighted by molar-refractivity contribution is 0.209. The van der Waals surface area contributed by atoms with Gasteiger partial charge in [0.2, 0.25) is 0 Å². The third kappa shape index (κ3) is 4.49. The summed E-state index contributed by atoms with van der Waals surface area (Å²) in [4.78, 5) is 2.45. The van der Waals surface area contributed by atoms with E-state index in [1.54, 1.807) is 0 Å². The summed E-state index contributed by atoms with van der Waals surface area (Å²) in [7, 11) is 0. The Morgan fingerprint density at radius 2 is 2.10 bits per heavy atom. The van der Waals surface area contributed by atoms with Gasteiger partial charge in [-0.15, -0.1) is 11.6 Å². The predicted molar refractivity (Wildman–Crippen MR) is 85.2 cm³/mol. The van der Waals surface area contributed by atoms with Crippen LogP contribution < -0.4 is 0 Å². The molecule has 0 aromatic carbocycles. The van der Waals surface area contributed by atoms with E-state index >= 15 is 0 Å². The van der Waals surface area contributed by atoms with Crippen LogP contribution in [0.15, 0.2) is 12.3 Å². The summed E-state index contributed by atoms with van der Waals surface area (Å²) in [5, 5.41) is 4.81. The zero-order valence-electron chi connectivity index (χ0n) is 12.9. The first-order valence-corrected chi connectivity index (χ1v) is 8.58. The Morgan fingerprint density at radius 1 is 1.35 bits per heavy atom. The Balaban J connectivity index is 1.93. The summed E-state index contributed by atoms with van der Waals surface area (Å²) in [5.41, 5.74) is 1.19. The van der Waals surface area contributed by atoms with E-state index in [4.69, 9.17) is 16.7 Å². The molecule has 0 spiro atoms. The topological polar surface area (TPSA) is 21.1 Å². The quantitative estimate of drug-likeness (QED) is 0.702. The van der Waals surface area contributed by atoms with E-state index in [1.807, 2.05) is 0 Å². The Labute approximate surface area is 128 Å². The number of rotatable bonds is 7. The van der Waals surface area contributed by atoms with Crippen molar-refractivity contribution in [1.29, 1.82) is 0 Å². The average Bonchev–Trinajstić information content (AvgIpc) is 2.92. The van der Waals surface area contributed by atoms with Crippen molar-refractivity contribution >= 4 is 11.6 Å². The molecule has 0 unspecified atom stereocenters. The van der Waals surface area contributed by atoms with Crippen LogP contribution in [0.25, 0.3) is 0 Å². The summed E-state index contributed by atoms with van der Waals surface area (Å²) in [6.07, 6.45) is 9.91. The van der Waals surface area contributed by atoms with Crippen LogP contribution in [0.1, 0.15) is 64.1 Å². The molecular formula is C16H28ClN3. The second-order valence-corrected chi connectivity index (χ2v) is 6.56. The van der Waals surface area contributed by atoms with Crippen LogP contribution in [0.4, 0.5) is 0 Å². The molecule has 20 heavy (non-hydrogen) atoms. The molecule has 1 aromatic rings. The summed E-state index contributed by atoms with van der Waals surface area (Å²) >= 11 is 5.81. The van der Waals surface area contributed by atoms with Crippen molar-refractivity contribution in [2.75, 3.05) is 12.4 Å². The van der Waals surface area contributed by atoms with E-state index < -0.39 is 0 Å². The third-order valence-electron chi connectivity index (χ3n) is 4.29. The molecule has 0 bridgehead atoms. The highest BCUT2D eigenvalue weighted by molar-refractivity contribution is 6.17. The highest BCUT2D eigenvalue weighted by atomic mass is 35.5. The van der Waals surface area contributed by atoms with Crippen molar-refractivity contribution < 1.29 is 0 Å².